The Morgan fingerprint density at radius 3 is 2.48 bits per heavy atom. The predicted octanol–water partition coefficient (Wildman–Crippen LogP) is 5.29. The number of carbonyl (C=O) groups is 1. The Morgan fingerprint density at radius 2 is 1.57 bits per heavy atom. The van der Waals surface area contributed by atoms with Gasteiger partial charge >= 0.3 is 0 Å². The van der Waals surface area contributed by atoms with E-state index in [0.717, 1.165) is 32.0 Å². The van der Waals surface area contributed by atoms with Gasteiger partial charge < -0.3 is 0 Å². The van der Waals surface area contributed by atoms with Crippen LogP contribution in [0.2, 0.25) is 0 Å². The smallest absolute Gasteiger partial charge is 0.194 e. The number of hydrogen-bond acceptors (Lipinski definition) is 2. The average Bonchev–Trinajstić information content (AvgIpc) is 2.98. The number of benzene rings is 3. The lowest BCUT2D eigenvalue weighted by Gasteiger charge is -2.03. The van der Waals surface area contributed by atoms with Crippen molar-refractivity contribution in [3.63, 3.8) is 0 Å². The second-order valence-corrected chi connectivity index (χ2v) is 5.95. The van der Waals surface area contributed by atoms with Crippen LogP contribution in [0.1, 0.15) is 15.9 Å². The van der Waals surface area contributed by atoms with Crippen molar-refractivity contribution in [1.29, 1.82) is 0 Å². The fourth-order valence-corrected chi connectivity index (χ4v) is 3.58. The van der Waals surface area contributed by atoms with Crippen LogP contribution in [-0.2, 0) is 0 Å². The Balaban J connectivity index is 1.86. The SMILES string of the molecule is O=C(c1ccc2ccccc2c1)c1csc2ccccc12. The predicted molar refractivity (Wildman–Crippen MR) is 89.2 cm³/mol. The Kier molecular flexibility index (Phi) is 2.83. The highest BCUT2D eigenvalue weighted by atomic mass is 32.1. The summed E-state index contributed by atoms with van der Waals surface area (Å²) < 4.78 is 1.15. The van der Waals surface area contributed by atoms with Crippen LogP contribution in [0.3, 0.4) is 0 Å². The van der Waals surface area contributed by atoms with Gasteiger partial charge in [0, 0.05) is 26.6 Å². The summed E-state index contributed by atoms with van der Waals surface area (Å²) in [4.78, 5) is 12.8. The molecular formula is C19H12OS. The molecule has 0 aliphatic carbocycles. The second kappa shape index (κ2) is 4.83. The maximum absolute atomic E-state index is 12.8. The minimum Gasteiger partial charge on any atom is -0.289 e. The molecule has 1 heterocycles. The molecule has 0 bridgehead atoms. The van der Waals surface area contributed by atoms with E-state index in [-0.39, 0.29) is 5.78 Å². The Hall–Kier alpha value is -2.45. The highest BCUT2D eigenvalue weighted by Crippen LogP contribution is 2.28. The number of carbonyl (C=O) groups excluding carboxylic acids is 1. The molecule has 0 saturated carbocycles. The molecule has 0 radical (unpaired) electrons. The van der Waals surface area contributed by atoms with Crippen LogP contribution in [0, 0.1) is 0 Å². The van der Waals surface area contributed by atoms with E-state index >= 15 is 0 Å². The summed E-state index contributed by atoms with van der Waals surface area (Å²) in [6.45, 7) is 0. The first-order valence-electron chi connectivity index (χ1n) is 6.83. The monoisotopic (exact) mass is 288 g/mol. The molecule has 0 spiro atoms. The molecule has 0 atom stereocenters. The normalized spacial score (nSPS) is 11.0. The van der Waals surface area contributed by atoms with E-state index in [1.165, 1.54) is 0 Å². The van der Waals surface area contributed by atoms with Gasteiger partial charge in [-0.15, -0.1) is 11.3 Å². The van der Waals surface area contributed by atoms with Crippen LogP contribution < -0.4 is 0 Å². The highest BCUT2D eigenvalue weighted by Gasteiger charge is 2.14. The van der Waals surface area contributed by atoms with Gasteiger partial charge in [0.05, 0.1) is 0 Å². The third-order valence-electron chi connectivity index (χ3n) is 3.74. The van der Waals surface area contributed by atoms with Gasteiger partial charge in [0.25, 0.3) is 0 Å². The lowest BCUT2D eigenvalue weighted by Crippen LogP contribution is -1.99. The van der Waals surface area contributed by atoms with Crippen LogP contribution in [0.15, 0.2) is 72.1 Å². The Morgan fingerprint density at radius 1 is 0.810 bits per heavy atom. The lowest BCUT2D eigenvalue weighted by molar-refractivity contribution is 0.104. The molecule has 2 heteroatoms. The van der Waals surface area contributed by atoms with E-state index in [0.29, 0.717) is 0 Å². The zero-order valence-electron chi connectivity index (χ0n) is 11.2. The van der Waals surface area contributed by atoms with Gasteiger partial charge in [0.1, 0.15) is 0 Å². The van der Waals surface area contributed by atoms with Gasteiger partial charge in [-0.1, -0.05) is 54.6 Å². The first kappa shape index (κ1) is 12.3. The summed E-state index contributed by atoms with van der Waals surface area (Å²) in [6, 6.07) is 22.1. The third-order valence-corrected chi connectivity index (χ3v) is 4.70. The molecule has 0 fully saturated rings. The lowest BCUT2D eigenvalue weighted by atomic mass is 10.00. The maximum atomic E-state index is 12.8. The molecule has 4 aromatic rings. The van der Waals surface area contributed by atoms with Crippen LogP contribution >= 0.6 is 11.3 Å². The minimum absolute atomic E-state index is 0.0956. The molecule has 1 aromatic heterocycles. The zero-order chi connectivity index (χ0) is 14.2. The van der Waals surface area contributed by atoms with E-state index in [1.807, 2.05) is 60.0 Å². The van der Waals surface area contributed by atoms with Gasteiger partial charge in [-0.05, 0) is 22.9 Å². The molecule has 0 saturated heterocycles. The van der Waals surface area contributed by atoms with Gasteiger partial charge in [0.15, 0.2) is 5.78 Å². The van der Waals surface area contributed by atoms with Gasteiger partial charge in [-0.3, -0.25) is 4.79 Å². The number of hydrogen-bond donors (Lipinski definition) is 0. The quantitative estimate of drug-likeness (QED) is 0.458. The molecule has 0 N–H and O–H groups in total. The van der Waals surface area contributed by atoms with Gasteiger partial charge in [-0.25, -0.2) is 0 Å². The standard InChI is InChI=1S/C19H12OS/c20-19(17-12-21-18-8-4-3-7-16(17)18)15-10-9-13-5-1-2-6-14(13)11-15/h1-12H. The highest BCUT2D eigenvalue weighted by molar-refractivity contribution is 7.17. The summed E-state index contributed by atoms with van der Waals surface area (Å²) in [7, 11) is 0. The summed E-state index contributed by atoms with van der Waals surface area (Å²) in [5, 5.41) is 5.26. The van der Waals surface area contributed by atoms with Crippen LogP contribution in [0.4, 0.5) is 0 Å². The number of ketones is 1. The van der Waals surface area contributed by atoms with Crippen LogP contribution in [-0.4, -0.2) is 5.78 Å². The second-order valence-electron chi connectivity index (χ2n) is 5.04. The largest absolute Gasteiger partial charge is 0.289 e. The fourth-order valence-electron chi connectivity index (χ4n) is 2.64. The van der Waals surface area contributed by atoms with E-state index in [9.17, 15) is 4.79 Å². The molecule has 0 aliphatic rings. The number of fused-ring (bicyclic) bond motifs is 2. The van der Waals surface area contributed by atoms with Crippen molar-refractivity contribution in [3.05, 3.63) is 83.2 Å². The summed E-state index contributed by atoms with van der Waals surface area (Å²) in [5.41, 5.74) is 1.54. The van der Waals surface area contributed by atoms with Crippen molar-refractivity contribution >= 4 is 38.0 Å². The molecule has 1 nitrogen and oxygen atoms in total. The summed E-state index contributed by atoms with van der Waals surface area (Å²) >= 11 is 1.62. The average molecular weight is 288 g/mol. The van der Waals surface area contributed by atoms with Crippen molar-refractivity contribution in [1.82, 2.24) is 0 Å². The van der Waals surface area contributed by atoms with Crippen molar-refractivity contribution < 1.29 is 4.79 Å². The zero-order valence-corrected chi connectivity index (χ0v) is 12.1. The first-order chi connectivity index (χ1) is 10.3. The molecule has 100 valence electrons. The fraction of sp³-hybridized carbons (Fsp3) is 0. The molecule has 4 rings (SSSR count). The van der Waals surface area contributed by atoms with Crippen molar-refractivity contribution in [3.8, 4) is 0 Å². The van der Waals surface area contributed by atoms with Crippen molar-refractivity contribution in [2.45, 2.75) is 0 Å². The topological polar surface area (TPSA) is 17.1 Å². The third kappa shape index (κ3) is 2.05. The van der Waals surface area contributed by atoms with Crippen molar-refractivity contribution in [2.24, 2.45) is 0 Å². The first-order valence-corrected chi connectivity index (χ1v) is 7.71. The maximum Gasteiger partial charge on any atom is 0.194 e. The summed E-state index contributed by atoms with van der Waals surface area (Å²) in [5.74, 6) is 0.0956. The van der Waals surface area contributed by atoms with E-state index in [4.69, 9.17) is 0 Å². The molecule has 0 aliphatic heterocycles. The number of thiophene rings is 1. The van der Waals surface area contributed by atoms with Crippen LogP contribution in [0.25, 0.3) is 20.9 Å². The van der Waals surface area contributed by atoms with Crippen molar-refractivity contribution in [2.75, 3.05) is 0 Å². The molecule has 0 amide bonds. The molecule has 0 unspecified atom stereocenters. The van der Waals surface area contributed by atoms with E-state index in [2.05, 4.69) is 12.1 Å². The van der Waals surface area contributed by atoms with E-state index < -0.39 is 0 Å². The van der Waals surface area contributed by atoms with E-state index in [1.54, 1.807) is 11.3 Å². The van der Waals surface area contributed by atoms with Gasteiger partial charge in [-0.2, -0.15) is 0 Å². The summed E-state index contributed by atoms with van der Waals surface area (Å²) in [6.07, 6.45) is 0. The molecule has 21 heavy (non-hydrogen) atoms. The van der Waals surface area contributed by atoms with Crippen LogP contribution in [0.5, 0.6) is 0 Å². The number of rotatable bonds is 2. The minimum atomic E-state index is 0.0956. The van der Waals surface area contributed by atoms with Gasteiger partial charge in [0.2, 0.25) is 0 Å². The molecular weight excluding hydrogens is 276 g/mol. The Labute approximate surface area is 126 Å². The molecule has 3 aromatic carbocycles. The Bertz CT molecular complexity index is 965.